The summed E-state index contributed by atoms with van der Waals surface area (Å²) < 4.78 is 45.0. The van der Waals surface area contributed by atoms with Crippen LogP contribution in [0.15, 0.2) is 143 Å². The van der Waals surface area contributed by atoms with E-state index in [4.69, 9.17) is 13.7 Å². The fourth-order valence-electron chi connectivity index (χ4n) is 4.97. The number of carbonyl (C=O) groups is 1. The number of ether oxygens (including phenoxy) is 2. The predicted octanol–water partition coefficient (Wildman–Crippen LogP) is 8.91. The fourth-order valence-corrected chi connectivity index (χ4v) is 7.26. The molecule has 0 aliphatic carbocycles. The molecule has 0 aromatic heterocycles. The third-order valence-corrected chi connectivity index (χ3v) is 9.87. The van der Waals surface area contributed by atoms with Crippen molar-refractivity contribution < 1.29 is 32.0 Å². The highest BCUT2D eigenvalue weighted by Gasteiger charge is 2.25. The Morgan fingerprint density at radius 2 is 1.58 bits per heavy atom. The van der Waals surface area contributed by atoms with Gasteiger partial charge in [0.2, 0.25) is 0 Å². The van der Waals surface area contributed by atoms with Crippen molar-refractivity contribution in [1.29, 1.82) is 0 Å². The van der Waals surface area contributed by atoms with Gasteiger partial charge in [0.05, 0.1) is 6.61 Å². The van der Waals surface area contributed by atoms with Gasteiger partial charge >= 0.3 is 10.1 Å². The van der Waals surface area contributed by atoms with Crippen LogP contribution in [0.4, 0.5) is 0 Å². The van der Waals surface area contributed by atoms with Crippen LogP contribution in [0.1, 0.15) is 47.4 Å². The van der Waals surface area contributed by atoms with Gasteiger partial charge in [-0.05, 0) is 89.8 Å². The Bertz CT molecular complexity index is 1960. The zero-order valence-electron chi connectivity index (χ0n) is 26.5. The molecule has 7 nitrogen and oxygen atoms in total. The van der Waals surface area contributed by atoms with E-state index in [0.29, 0.717) is 51.4 Å². The normalized spacial score (nSPS) is 11.8. The summed E-state index contributed by atoms with van der Waals surface area (Å²) in [6, 6.07) is 32.9. The van der Waals surface area contributed by atoms with Crippen molar-refractivity contribution >= 4 is 28.2 Å². The van der Waals surface area contributed by atoms with E-state index < -0.39 is 16.2 Å². The minimum absolute atomic E-state index is 0.0284. The van der Waals surface area contributed by atoms with Crippen LogP contribution in [0.5, 0.6) is 17.2 Å². The number of aliphatic hydroxyl groups is 1. The molecule has 0 aliphatic rings. The van der Waals surface area contributed by atoms with Crippen molar-refractivity contribution in [2.24, 2.45) is 0 Å². The molecular formula is C39H36O7S2. The number of aliphatic hydroxyl groups excluding tert-OH is 1. The van der Waals surface area contributed by atoms with Crippen LogP contribution < -0.4 is 13.7 Å². The molecule has 0 saturated carbocycles. The molecule has 0 heterocycles. The highest BCUT2D eigenvalue weighted by atomic mass is 32.2. The van der Waals surface area contributed by atoms with Gasteiger partial charge in [-0.15, -0.1) is 0 Å². The lowest BCUT2D eigenvalue weighted by Gasteiger charge is -2.20. The fraction of sp³-hybridized carbons (Fsp3) is 0.154. The molecule has 0 aliphatic heterocycles. The molecule has 0 radical (unpaired) electrons. The third kappa shape index (κ3) is 8.55. The second-order valence-corrected chi connectivity index (χ2v) is 13.4. The summed E-state index contributed by atoms with van der Waals surface area (Å²) in [5.74, 6) is 1.33. The van der Waals surface area contributed by atoms with Crippen molar-refractivity contribution in [3.8, 4) is 28.4 Å². The van der Waals surface area contributed by atoms with E-state index >= 15 is 0 Å². The van der Waals surface area contributed by atoms with Crippen LogP contribution >= 0.6 is 11.8 Å². The molecule has 1 atom stereocenters. The van der Waals surface area contributed by atoms with Crippen molar-refractivity contribution in [1.82, 2.24) is 0 Å². The number of unbranched alkanes of at least 4 members (excludes halogenated alkanes) is 1. The van der Waals surface area contributed by atoms with Crippen LogP contribution in [0.25, 0.3) is 11.1 Å². The average molecular weight is 681 g/mol. The van der Waals surface area contributed by atoms with E-state index in [1.807, 2.05) is 36.4 Å². The van der Waals surface area contributed by atoms with E-state index in [-0.39, 0.29) is 17.3 Å². The second-order valence-electron chi connectivity index (χ2n) is 10.8. The number of aldehydes is 1. The van der Waals surface area contributed by atoms with Crippen molar-refractivity contribution in [2.45, 2.75) is 40.6 Å². The standard InChI is InChI=1S/C39H36O7S2/c1-3-5-24-44-30-17-19-32(20-18-30)47-37-22-16-29(26-38(37)48(42,43)46-31-11-7-6-8-12-31)33-13-9-10-14-34(33)39(41)35-25-28(27-40)15-21-36(35)45-23-4-2/h4,6-22,25-27,39,41H,2-3,5,23-24H2,1H3. The largest absolute Gasteiger partial charge is 0.494 e. The first-order valence-corrected chi connectivity index (χ1v) is 17.7. The van der Waals surface area contributed by atoms with Crippen LogP contribution in [0, 0.1) is 0 Å². The van der Waals surface area contributed by atoms with Gasteiger partial charge in [-0.25, -0.2) is 0 Å². The molecule has 48 heavy (non-hydrogen) atoms. The zero-order chi connectivity index (χ0) is 33.9. The second kappa shape index (κ2) is 16.3. The van der Waals surface area contributed by atoms with Crippen LogP contribution in [0.3, 0.4) is 0 Å². The van der Waals surface area contributed by atoms with Crippen molar-refractivity contribution in [3.05, 3.63) is 145 Å². The molecule has 5 aromatic carbocycles. The van der Waals surface area contributed by atoms with Gasteiger partial charge in [0.15, 0.2) is 0 Å². The first-order valence-electron chi connectivity index (χ1n) is 15.5. The van der Waals surface area contributed by atoms with E-state index in [0.717, 1.165) is 23.5 Å². The molecular weight excluding hydrogens is 645 g/mol. The summed E-state index contributed by atoms with van der Waals surface area (Å²) in [4.78, 5) is 12.9. The van der Waals surface area contributed by atoms with Gasteiger partial charge in [0, 0.05) is 20.9 Å². The Morgan fingerprint density at radius 1 is 0.833 bits per heavy atom. The Balaban J connectivity index is 1.56. The molecule has 246 valence electrons. The molecule has 5 aromatic rings. The number of rotatable bonds is 16. The van der Waals surface area contributed by atoms with Crippen molar-refractivity contribution in [2.75, 3.05) is 13.2 Å². The lowest BCUT2D eigenvalue weighted by molar-refractivity contribution is 0.112. The maximum atomic E-state index is 13.9. The SMILES string of the molecule is C=CCOc1ccc(C=O)cc1C(O)c1ccccc1-c1ccc(Sc2ccc(OCCCC)cc2)c(S(=O)(=O)Oc2ccccc2)c1. The molecule has 0 spiro atoms. The number of para-hydroxylation sites is 1. The molecule has 5 rings (SSSR count). The predicted molar refractivity (Wildman–Crippen MR) is 189 cm³/mol. The minimum atomic E-state index is -4.31. The topological polar surface area (TPSA) is 99.1 Å². The Labute approximate surface area is 286 Å². The van der Waals surface area contributed by atoms with E-state index in [2.05, 4.69) is 13.5 Å². The maximum absolute atomic E-state index is 13.9. The number of benzene rings is 5. The molecule has 0 saturated heterocycles. The molecule has 1 unspecified atom stereocenters. The number of hydrogen-bond acceptors (Lipinski definition) is 8. The van der Waals surface area contributed by atoms with Crippen LogP contribution in [-0.2, 0) is 10.1 Å². The quantitative estimate of drug-likeness (QED) is 0.0478. The number of hydrogen-bond donors (Lipinski definition) is 1. The Kier molecular flexibility index (Phi) is 11.7. The lowest BCUT2D eigenvalue weighted by Crippen LogP contribution is -2.11. The summed E-state index contributed by atoms with van der Waals surface area (Å²) in [5.41, 5.74) is 2.40. The molecule has 0 fully saturated rings. The highest BCUT2D eigenvalue weighted by molar-refractivity contribution is 8.00. The van der Waals surface area contributed by atoms with Gasteiger partial charge in [-0.1, -0.05) is 86.3 Å². The summed E-state index contributed by atoms with van der Waals surface area (Å²) in [5, 5.41) is 11.7. The Morgan fingerprint density at radius 3 is 2.31 bits per heavy atom. The minimum Gasteiger partial charge on any atom is -0.494 e. The maximum Gasteiger partial charge on any atom is 0.340 e. The lowest BCUT2D eigenvalue weighted by atomic mass is 9.92. The molecule has 9 heteroatoms. The first-order chi connectivity index (χ1) is 23.3. The third-order valence-electron chi connectivity index (χ3n) is 7.37. The van der Waals surface area contributed by atoms with Gasteiger partial charge in [-0.2, -0.15) is 8.42 Å². The number of carbonyl (C=O) groups excluding carboxylic acids is 1. The van der Waals surface area contributed by atoms with Gasteiger partial charge in [0.1, 0.15) is 41.1 Å². The van der Waals surface area contributed by atoms with Gasteiger partial charge in [-0.3, -0.25) is 4.79 Å². The summed E-state index contributed by atoms with van der Waals surface area (Å²) in [6.07, 6.45) is 3.09. The van der Waals surface area contributed by atoms with Crippen LogP contribution in [0.2, 0.25) is 0 Å². The van der Waals surface area contributed by atoms with E-state index in [1.54, 1.807) is 84.9 Å². The van der Waals surface area contributed by atoms with Crippen LogP contribution in [-0.4, -0.2) is 33.0 Å². The van der Waals surface area contributed by atoms with E-state index in [9.17, 15) is 18.3 Å². The Hall–Kier alpha value is -4.83. The average Bonchev–Trinajstić information content (AvgIpc) is 3.11. The molecule has 1 N–H and O–H groups in total. The molecule has 0 amide bonds. The van der Waals surface area contributed by atoms with Gasteiger partial charge in [0.25, 0.3) is 0 Å². The smallest absolute Gasteiger partial charge is 0.340 e. The van der Waals surface area contributed by atoms with Gasteiger partial charge < -0.3 is 18.8 Å². The molecule has 0 bridgehead atoms. The first kappa shape index (κ1) is 34.5. The van der Waals surface area contributed by atoms with Crippen molar-refractivity contribution in [3.63, 3.8) is 0 Å². The monoisotopic (exact) mass is 680 g/mol. The zero-order valence-corrected chi connectivity index (χ0v) is 28.1. The highest BCUT2D eigenvalue weighted by Crippen LogP contribution is 2.40. The summed E-state index contributed by atoms with van der Waals surface area (Å²) in [7, 11) is -4.31. The summed E-state index contributed by atoms with van der Waals surface area (Å²) in [6.45, 7) is 6.63. The summed E-state index contributed by atoms with van der Waals surface area (Å²) >= 11 is 1.29. The van der Waals surface area contributed by atoms with E-state index in [1.165, 1.54) is 11.8 Å².